The summed E-state index contributed by atoms with van der Waals surface area (Å²) in [5.74, 6) is 0.664. The summed E-state index contributed by atoms with van der Waals surface area (Å²) in [7, 11) is -3.19. The number of carbonyl (C=O) groups is 1. The first kappa shape index (κ1) is 30.5. The van der Waals surface area contributed by atoms with Crippen molar-refractivity contribution in [1.82, 2.24) is 29.7 Å². The number of sulfone groups is 1. The van der Waals surface area contributed by atoms with Gasteiger partial charge in [0.25, 0.3) is 0 Å². The maximum Gasteiger partial charge on any atom is 0.411 e. The molecule has 1 unspecified atom stereocenters. The van der Waals surface area contributed by atoms with E-state index in [1.54, 1.807) is 10.7 Å². The smallest absolute Gasteiger partial charge is 0.411 e. The van der Waals surface area contributed by atoms with Crippen molar-refractivity contribution < 1.29 is 17.9 Å². The Balaban J connectivity index is 1.21. The third kappa shape index (κ3) is 7.26. The Hall–Kier alpha value is -4.49. The van der Waals surface area contributed by atoms with Gasteiger partial charge in [-0.1, -0.05) is 37.3 Å². The fraction of sp³-hybridized carbons (Fsp3) is 0.375. The molecule has 0 radical (unpaired) electrons. The van der Waals surface area contributed by atoms with Gasteiger partial charge in [-0.2, -0.15) is 10.2 Å². The number of benzene rings is 2. The number of hydrogen-bond acceptors (Lipinski definition) is 9. The van der Waals surface area contributed by atoms with Crippen LogP contribution in [0, 0.1) is 5.92 Å². The van der Waals surface area contributed by atoms with E-state index in [-0.39, 0.29) is 18.1 Å². The fourth-order valence-corrected chi connectivity index (χ4v) is 6.69. The van der Waals surface area contributed by atoms with Gasteiger partial charge in [-0.15, -0.1) is 0 Å². The largest absolute Gasteiger partial charge is 0.446 e. The fourth-order valence-electron chi connectivity index (χ4n) is 6.03. The first-order valence-corrected chi connectivity index (χ1v) is 17.3. The standard InChI is InChI=1S/C32H38N8O4S/c1-3-26-27(38-32(41)44-29(13-16-45(2,42)43)23-11-14-33-15-12-23)20-40-30(26)31(34-21-36-40)37-25-9-10-28-24(17-25)18-35-39(28)19-22-7-5-4-6-8-22/h4-10,17-18,20-21,23,29,33H,3,11-16,19H2,1-2H3,(H,38,41)(H,34,36,37). The molecule has 2 aromatic carbocycles. The van der Waals surface area contributed by atoms with Crippen LogP contribution in [0.5, 0.6) is 0 Å². The molecule has 13 heteroatoms. The molecule has 1 atom stereocenters. The zero-order valence-electron chi connectivity index (χ0n) is 25.4. The number of fused-ring (bicyclic) bond motifs is 2. The van der Waals surface area contributed by atoms with Crippen molar-refractivity contribution in [3.8, 4) is 0 Å². The van der Waals surface area contributed by atoms with Crippen molar-refractivity contribution in [3.63, 3.8) is 0 Å². The molecule has 236 valence electrons. The lowest BCUT2D eigenvalue weighted by atomic mass is 9.91. The van der Waals surface area contributed by atoms with E-state index in [0.717, 1.165) is 53.6 Å². The summed E-state index contributed by atoms with van der Waals surface area (Å²) in [6, 6.07) is 16.3. The number of amides is 1. The average molecular weight is 631 g/mol. The molecule has 1 saturated heterocycles. The molecule has 3 N–H and O–H groups in total. The summed E-state index contributed by atoms with van der Waals surface area (Å²) < 4.78 is 33.3. The number of piperidine rings is 1. The summed E-state index contributed by atoms with van der Waals surface area (Å²) >= 11 is 0. The van der Waals surface area contributed by atoms with Crippen molar-refractivity contribution in [1.29, 1.82) is 0 Å². The molecule has 12 nitrogen and oxygen atoms in total. The van der Waals surface area contributed by atoms with Crippen LogP contribution in [0.2, 0.25) is 0 Å². The van der Waals surface area contributed by atoms with E-state index >= 15 is 0 Å². The number of aryl methyl sites for hydroxylation is 1. The van der Waals surface area contributed by atoms with Crippen LogP contribution in [-0.4, -0.2) is 70.1 Å². The number of anilines is 3. The number of carbonyl (C=O) groups excluding carboxylic acids is 1. The van der Waals surface area contributed by atoms with E-state index in [0.29, 0.717) is 24.5 Å². The second-order valence-electron chi connectivity index (χ2n) is 11.5. The number of nitrogens with one attached hydrogen (secondary N) is 3. The number of ether oxygens (including phenoxy) is 1. The van der Waals surface area contributed by atoms with Gasteiger partial charge >= 0.3 is 6.09 Å². The van der Waals surface area contributed by atoms with E-state index in [9.17, 15) is 13.2 Å². The molecule has 6 rings (SSSR count). The van der Waals surface area contributed by atoms with Crippen LogP contribution in [0.1, 0.15) is 37.3 Å². The minimum Gasteiger partial charge on any atom is -0.446 e. The van der Waals surface area contributed by atoms with E-state index in [2.05, 4.69) is 43.3 Å². The SMILES string of the molecule is CCc1c(NC(=O)OC(CCS(C)(=O)=O)C2CCNCC2)cn2ncnc(Nc3ccc4c(cnn4Cc4ccccc4)c3)c12. The van der Waals surface area contributed by atoms with Gasteiger partial charge in [-0.05, 0) is 68.5 Å². The molecule has 0 bridgehead atoms. The lowest BCUT2D eigenvalue weighted by molar-refractivity contribution is 0.0578. The number of aromatic nitrogens is 5. The van der Waals surface area contributed by atoms with Gasteiger partial charge in [0.05, 0.1) is 35.9 Å². The molecule has 1 amide bonds. The van der Waals surface area contributed by atoms with Crippen LogP contribution >= 0.6 is 0 Å². The number of hydrogen-bond donors (Lipinski definition) is 3. The van der Waals surface area contributed by atoms with Crippen LogP contribution in [-0.2, 0) is 27.5 Å². The van der Waals surface area contributed by atoms with E-state index in [1.807, 2.05) is 54.2 Å². The predicted octanol–water partition coefficient (Wildman–Crippen LogP) is 4.78. The third-order valence-electron chi connectivity index (χ3n) is 8.29. The normalized spacial score (nSPS) is 14.9. The van der Waals surface area contributed by atoms with Crippen LogP contribution in [0.15, 0.2) is 67.3 Å². The molecular weight excluding hydrogens is 592 g/mol. The Kier molecular flexibility index (Phi) is 8.99. The first-order valence-electron chi connectivity index (χ1n) is 15.2. The number of rotatable bonds is 11. The molecule has 4 heterocycles. The summed E-state index contributed by atoms with van der Waals surface area (Å²) in [6.45, 7) is 4.31. The van der Waals surface area contributed by atoms with Gasteiger partial charge in [0.2, 0.25) is 0 Å². The zero-order chi connectivity index (χ0) is 31.4. The summed E-state index contributed by atoms with van der Waals surface area (Å²) in [6.07, 6.45) is 7.68. The topological polar surface area (TPSA) is 145 Å². The van der Waals surface area contributed by atoms with Gasteiger partial charge in [0.1, 0.15) is 27.8 Å². The first-order chi connectivity index (χ1) is 21.8. The second-order valence-corrected chi connectivity index (χ2v) is 13.8. The molecule has 45 heavy (non-hydrogen) atoms. The average Bonchev–Trinajstić information content (AvgIpc) is 3.60. The minimum atomic E-state index is -3.19. The molecule has 1 aliphatic heterocycles. The number of nitrogens with zero attached hydrogens (tertiary/aromatic N) is 5. The zero-order valence-corrected chi connectivity index (χ0v) is 26.3. The molecule has 0 spiro atoms. The third-order valence-corrected chi connectivity index (χ3v) is 9.27. The maximum absolute atomic E-state index is 13.2. The summed E-state index contributed by atoms with van der Waals surface area (Å²) in [5, 5.41) is 19.6. The molecule has 1 aliphatic rings. The molecular formula is C32H38N8O4S. The van der Waals surface area contributed by atoms with E-state index in [1.165, 1.54) is 18.1 Å². The van der Waals surface area contributed by atoms with Crippen molar-refractivity contribution >= 4 is 49.5 Å². The highest BCUT2D eigenvalue weighted by molar-refractivity contribution is 7.90. The van der Waals surface area contributed by atoms with Crippen molar-refractivity contribution in [2.75, 3.05) is 35.7 Å². The monoisotopic (exact) mass is 630 g/mol. The summed E-state index contributed by atoms with van der Waals surface area (Å²) in [5.41, 5.74) is 5.20. The van der Waals surface area contributed by atoms with E-state index < -0.39 is 22.0 Å². The van der Waals surface area contributed by atoms with Crippen LogP contribution in [0.4, 0.5) is 22.0 Å². The molecule has 3 aromatic heterocycles. The molecule has 0 aliphatic carbocycles. The molecule has 5 aromatic rings. The molecule has 0 saturated carbocycles. The van der Waals surface area contributed by atoms with Gasteiger partial charge in [-0.3, -0.25) is 10.00 Å². The van der Waals surface area contributed by atoms with Crippen molar-refractivity contribution in [2.24, 2.45) is 5.92 Å². The quantitative estimate of drug-likeness (QED) is 0.188. The maximum atomic E-state index is 13.2. The lowest BCUT2D eigenvalue weighted by Crippen LogP contribution is -2.38. The Labute approximate surface area is 262 Å². The van der Waals surface area contributed by atoms with Crippen molar-refractivity contribution in [2.45, 2.75) is 45.3 Å². The second kappa shape index (κ2) is 13.2. The summed E-state index contributed by atoms with van der Waals surface area (Å²) in [4.78, 5) is 17.7. The Morgan fingerprint density at radius 3 is 2.69 bits per heavy atom. The van der Waals surface area contributed by atoms with Crippen molar-refractivity contribution in [3.05, 3.63) is 78.4 Å². The lowest BCUT2D eigenvalue weighted by Gasteiger charge is -2.30. The Bertz CT molecular complexity index is 1900. The van der Waals surface area contributed by atoms with Gasteiger partial charge in [0.15, 0.2) is 5.82 Å². The Morgan fingerprint density at radius 2 is 1.93 bits per heavy atom. The minimum absolute atomic E-state index is 0.0323. The van der Waals surface area contributed by atoms with E-state index in [4.69, 9.17) is 4.74 Å². The van der Waals surface area contributed by atoms with Gasteiger partial charge in [0, 0.05) is 22.9 Å². The highest BCUT2D eigenvalue weighted by atomic mass is 32.2. The van der Waals surface area contributed by atoms with Crippen LogP contribution < -0.4 is 16.0 Å². The highest BCUT2D eigenvalue weighted by Gasteiger charge is 2.28. The highest BCUT2D eigenvalue weighted by Crippen LogP contribution is 2.31. The van der Waals surface area contributed by atoms with Crippen LogP contribution in [0.3, 0.4) is 0 Å². The van der Waals surface area contributed by atoms with Gasteiger partial charge < -0.3 is 15.4 Å². The van der Waals surface area contributed by atoms with Gasteiger partial charge in [-0.25, -0.2) is 22.7 Å². The molecule has 1 fully saturated rings. The Morgan fingerprint density at radius 1 is 1.13 bits per heavy atom. The predicted molar refractivity (Wildman–Crippen MR) is 175 cm³/mol. The van der Waals surface area contributed by atoms with Crippen LogP contribution in [0.25, 0.3) is 16.4 Å².